The second-order valence-electron chi connectivity index (χ2n) is 4.31. The van der Waals surface area contributed by atoms with Crippen molar-refractivity contribution in [2.24, 2.45) is 11.8 Å². The molecule has 2 rings (SSSR count). The predicted molar refractivity (Wildman–Crippen MR) is 44.7 cm³/mol. The fourth-order valence-electron chi connectivity index (χ4n) is 2.79. The number of nitrogens with one attached hydrogen (secondary N) is 1. The van der Waals surface area contributed by atoms with Crippen LogP contribution in [0.2, 0.25) is 0 Å². The molecule has 1 aliphatic carbocycles. The summed E-state index contributed by atoms with van der Waals surface area (Å²) in [6.07, 6.45) is -2.74. The van der Waals surface area contributed by atoms with Crippen molar-refractivity contribution < 1.29 is 18.3 Å². The van der Waals surface area contributed by atoms with Gasteiger partial charge in [-0.05, 0) is 12.8 Å². The van der Waals surface area contributed by atoms with Crippen molar-refractivity contribution in [1.29, 1.82) is 0 Å². The summed E-state index contributed by atoms with van der Waals surface area (Å²) in [6.45, 7) is 0.568. The monoisotopic (exact) mass is 209 g/mol. The number of piperidine rings is 1. The maximum atomic E-state index is 12.8. The van der Waals surface area contributed by atoms with Crippen LogP contribution in [0.1, 0.15) is 19.3 Å². The molecule has 2 fully saturated rings. The Kier molecular flexibility index (Phi) is 2.27. The highest BCUT2D eigenvalue weighted by atomic mass is 19.4. The van der Waals surface area contributed by atoms with Gasteiger partial charge < -0.3 is 10.4 Å². The van der Waals surface area contributed by atoms with E-state index in [9.17, 15) is 18.3 Å². The molecule has 1 unspecified atom stereocenters. The van der Waals surface area contributed by atoms with Crippen LogP contribution in [0.4, 0.5) is 13.2 Å². The standard InChI is InChI=1S/C9H14F3NO/c10-9(11,12)8(14)6-2-1-3-7(8)5-13-4-6/h6-7,13-14H,1-5H2/t6-,7+,8?. The van der Waals surface area contributed by atoms with Gasteiger partial charge in [0.1, 0.15) is 0 Å². The number of rotatable bonds is 0. The Labute approximate surface area is 80.5 Å². The molecule has 2 bridgehead atoms. The maximum Gasteiger partial charge on any atom is 0.417 e. The molecular formula is C9H14F3NO. The molecule has 2 aliphatic rings. The number of fused-ring (bicyclic) bond motifs is 2. The minimum absolute atomic E-state index is 0.284. The highest BCUT2D eigenvalue weighted by Crippen LogP contribution is 2.49. The van der Waals surface area contributed by atoms with Gasteiger partial charge >= 0.3 is 6.18 Å². The highest BCUT2D eigenvalue weighted by molar-refractivity contribution is 5.05. The molecule has 82 valence electrons. The van der Waals surface area contributed by atoms with Crippen molar-refractivity contribution >= 4 is 0 Å². The van der Waals surface area contributed by atoms with Crippen molar-refractivity contribution in [3.05, 3.63) is 0 Å². The van der Waals surface area contributed by atoms with Gasteiger partial charge in [0, 0.05) is 24.9 Å². The molecule has 1 heterocycles. The van der Waals surface area contributed by atoms with Gasteiger partial charge in [-0.15, -0.1) is 0 Å². The molecule has 0 spiro atoms. The Morgan fingerprint density at radius 1 is 1.14 bits per heavy atom. The molecule has 0 aromatic heterocycles. The summed E-state index contributed by atoms with van der Waals surface area (Å²) in [7, 11) is 0. The summed E-state index contributed by atoms with van der Waals surface area (Å²) in [6, 6.07) is 0. The van der Waals surface area contributed by atoms with E-state index in [1.807, 2.05) is 0 Å². The molecule has 1 saturated carbocycles. The van der Waals surface area contributed by atoms with E-state index in [1.54, 1.807) is 0 Å². The molecule has 0 radical (unpaired) electrons. The molecule has 0 aromatic rings. The van der Waals surface area contributed by atoms with E-state index < -0.39 is 23.6 Å². The average Bonchev–Trinajstić information content (AvgIpc) is 2.00. The Balaban J connectivity index is 2.31. The lowest BCUT2D eigenvalue weighted by Crippen LogP contribution is -2.66. The third-order valence-corrected chi connectivity index (χ3v) is 3.59. The summed E-state index contributed by atoms with van der Waals surface area (Å²) in [5.41, 5.74) is -2.43. The van der Waals surface area contributed by atoms with Crippen LogP contribution in [0.3, 0.4) is 0 Å². The van der Waals surface area contributed by atoms with Crippen LogP contribution in [0.5, 0.6) is 0 Å². The van der Waals surface area contributed by atoms with E-state index in [2.05, 4.69) is 5.32 Å². The normalized spacial score (nSPS) is 43.7. The van der Waals surface area contributed by atoms with E-state index in [4.69, 9.17) is 0 Å². The zero-order chi connectivity index (χ0) is 10.4. The Hall–Kier alpha value is -0.290. The lowest BCUT2D eigenvalue weighted by atomic mass is 9.65. The molecule has 5 heteroatoms. The Bertz CT molecular complexity index is 207. The van der Waals surface area contributed by atoms with E-state index in [0.29, 0.717) is 12.8 Å². The number of hydrogen-bond acceptors (Lipinski definition) is 2. The average molecular weight is 209 g/mol. The van der Waals surface area contributed by atoms with Crippen LogP contribution in [0.15, 0.2) is 0 Å². The molecule has 3 atom stereocenters. The summed E-state index contributed by atoms with van der Waals surface area (Å²) < 4.78 is 38.3. The first-order valence-corrected chi connectivity index (χ1v) is 4.96. The smallest absolute Gasteiger partial charge is 0.380 e. The lowest BCUT2D eigenvalue weighted by Gasteiger charge is -2.50. The number of halogens is 3. The zero-order valence-electron chi connectivity index (χ0n) is 7.77. The SMILES string of the molecule is OC1(C(F)(F)F)[C@@H]2CCC[C@H]1CNC2. The highest BCUT2D eigenvalue weighted by Gasteiger charge is 2.64. The fraction of sp³-hybridized carbons (Fsp3) is 1.00. The second-order valence-corrected chi connectivity index (χ2v) is 4.31. The third-order valence-electron chi connectivity index (χ3n) is 3.59. The molecule has 2 nitrogen and oxygen atoms in total. The van der Waals surface area contributed by atoms with Gasteiger partial charge in [0.2, 0.25) is 0 Å². The fourth-order valence-corrected chi connectivity index (χ4v) is 2.79. The first kappa shape index (κ1) is 10.2. The van der Waals surface area contributed by atoms with E-state index in [-0.39, 0.29) is 13.1 Å². The molecule has 14 heavy (non-hydrogen) atoms. The largest absolute Gasteiger partial charge is 0.417 e. The van der Waals surface area contributed by atoms with Gasteiger partial charge in [-0.1, -0.05) is 6.42 Å². The first-order chi connectivity index (χ1) is 6.46. The molecular weight excluding hydrogens is 195 g/mol. The minimum Gasteiger partial charge on any atom is -0.380 e. The van der Waals surface area contributed by atoms with Crippen LogP contribution in [0, 0.1) is 11.8 Å². The van der Waals surface area contributed by atoms with Crippen LogP contribution >= 0.6 is 0 Å². The van der Waals surface area contributed by atoms with Gasteiger partial charge in [0.05, 0.1) is 0 Å². The maximum absolute atomic E-state index is 12.8. The second kappa shape index (κ2) is 3.10. The lowest BCUT2D eigenvalue weighted by molar-refractivity contribution is -0.312. The topological polar surface area (TPSA) is 32.3 Å². The van der Waals surface area contributed by atoms with Crippen molar-refractivity contribution in [2.75, 3.05) is 13.1 Å². The molecule has 0 aromatic carbocycles. The Morgan fingerprint density at radius 3 is 2.00 bits per heavy atom. The molecule has 1 aliphatic heterocycles. The van der Waals surface area contributed by atoms with E-state index >= 15 is 0 Å². The van der Waals surface area contributed by atoms with Gasteiger partial charge in [0.25, 0.3) is 0 Å². The van der Waals surface area contributed by atoms with Crippen LogP contribution in [-0.2, 0) is 0 Å². The molecule has 1 saturated heterocycles. The molecule has 2 N–H and O–H groups in total. The zero-order valence-corrected chi connectivity index (χ0v) is 7.77. The van der Waals surface area contributed by atoms with Gasteiger partial charge in [-0.25, -0.2) is 0 Å². The van der Waals surface area contributed by atoms with Gasteiger partial charge in [-0.3, -0.25) is 0 Å². The number of aliphatic hydroxyl groups is 1. The molecule has 0 amide bonds. The summed E-state index contributed by atoms with van der Waals surface area (Å²) in [5, 5.41) is 12.8. The van der Waals surface area contributed by atoms with Gasteiger partial charge in [0.15, 0.2) is 5.60 Å². The summed E-state index contributed by atoms with van der Waals surface area (Å²) in [4.78, 5) is 0. The van der Waals surface area contributed by atoms with Gasteiger partial charge in [-0.2, -0.15) is 13.2 Å². The third kappa shape index (κ3) is 1.26. The minimum atomic E-state index is -4.48. The van der Waals surface area contributed by atoms with Crippen LogP contribution < -0.4 is 5.32 Å². The number of hydrogen-bond donors (Lipinski definition) is 2. The van der Waals surface area contributed by atoms with Crippen molar-refractivity contribution in [2.45, 2.75) is 31.0 Å². The first-order valence-electron chi connectivity index (χ1n) is 4.96. The summed E-state index contributed by atoms with van der Waals surface area (Å²) in [5.74, 6) is -1.31. The quantitative estimate of drug-likeness (QED) is 0.630. The predicted octanol–water partition coefficient (Wildman–Crippen LogP) is 1.30. The van der Waals surface area contributed by atoms with E-state index in [1.165, 1.54) is 0 Å². The van der Waals surface area contributed by atoms with Crippen molar-refractivity contribution in [3.63, 3.8) is 0 Å². The van der Waals surface area contributed by atoms with E-state index in [0.717, 1.165) is 6.42 Å². The number of alkyl halides is 3. The Morgan fingerprint density at radius 2 is 1.64 bits per heavy atom. The van der Waals surface area contributed by atoms with Crippen LogP contribution in [0.25, 0.3) is 0 Å². The van der Waals surface area contributed by atoms with Crippen molar-refractivity contribution in [3.8, 4) is 0 Å². The summed E-state index contributed by atoms with van der Waals surface area (Å²) >= 11 is 0. The van der Waals surface area contributed by atoms with Crippen molar-refractivity contribution in [1.82, 2.24) is 5.32 Å². The van der Waals surface area contributed by atoms with Crippen LogP contribution in [-0.4, -0.2) is 30.0 Å².